The zero-order valence-corrected chi connectivity index (χ0v) is 24.2. The van der Waals surface area contributed by atoms with Crippen molar-refractivity contribution >= 4 is 23.5 Å². The average molecular weight is 575 g/mol. The molecule has 3 aromatic rings. The summed E-state index contributed by atoms with van der Waals surface area (Å²) in [6.07, 6.45) is 0.470. The number of hydrogen-bond donors (Lipinski definition) is 3. The normalized spacial score (nSPS) is 10.9. The highest BCUT2D eigenvalue weighted by Crippen LogP contribution is 2.25. The summed E-state index contributed by atoms with van der Waals surface area (Å²) in [4.78, 5) is 47.5. The predicted molar refractivity (Wildman–Crippen MR) is 157 cm³/mol. The van der Waals surface area contributed by atoms with E-state index in [4.69, 9.17) is 4.84 Å². The first kappa shape index (κ1) is 31.7. The van der Waals surface area contributed by atoms with Crippen molar-refractivity contribution in [2.45, 2.75) is 39.7 Å². The molecule has 1 heterocycles. The molecule has 10 nitrogen and oxygen atoms in total. The summed E-state index contributed by atoms with van der Waals surface area (Å²) in [5.41, 5.74) is 1.92. The highest BCUT2D eigenvalue weighted by molar-refractivity contribution is 6.00. The largest absolute Gasteiger partial charge is 0.369 e. The Labute approximate surface area is 244 Å². The SMILES string of the molecule is CC(=O)N(CCNC(=O)CNC(=O)c1ccc(-c2ccccc2C#N)nc1NCCc1cccc(F)c1)OC(C)(C)C. The van der Waals surface area contributed by atoms with E-state index in [1.165, 1.54) is 24.1 Å². The highest BCUT2D eigenvalue weighted by atomic mass is 19.1. The van der Waals surface area contributed by atoms with E-state index in [9.17, 15) is 24.0 Å². The maximum absolute atomic E-state index is 13.6. The second-order valence-corrected chi connectivity index (χ2v) is 10.4. The van der Waals surface area contributed by atoms with Crippen LogP contribution in [-0.4, -0.2) is 59.5 Å². The molecule has 42 heavy (non-hydrogen) atoms. The van der Waals surface area contributed by atoms with Crippen molar-refractivity contribution in [3.05, 3.63) is 83.2 Å². The van der Waals surface area contributed by atoms with Gasteiger partial charge in [-0.05, 0) is 63.1 Å². The van der Waals surface area contributed by atoms with Gasteiger partial charge in [0.2, 0.25) is 11.8 Å². The summed E-state index contributed by atoms with van der Waals surface area (Å²) in [6, 6.07) is 18.6. The number of nitrogens with zero attached hydrogens (tertiary/aromatic N) is 3. The van der Waals surface area contributed by atoms with Gasteiger partial charge in [0.25, 0.3) is 5.91 Å². The van der Waals surface area contributed by atoms with Crippen LogP contribution in [0, 0.1) is 17.1 Å². The molecule has 0 spiro atoms. The van der Waals surface area contributed by atoms with E-state index in [1.807, 2.05) is 20.8 Å². The summed E-state index contributed by atoms with van der Waals surface area (Å²) in [5.74, 6) is -1.36. The van der Waals surface area contributed by atoms with Crippen molar-refractivity contribution in [2.75, 3.05) is 31.5 Å². The number of nitriles is 1. The Balaban J connectivity index is 1.68. The van der Waals surface area contributed by atoms with Crippen LogP contribution in [-0.2, 0) is 20.8 Å². The Kier molecular flexibility index (Phi) is 11.1. The Morgan fingerprint density at radius 1 is 1.02 bits per heavy atom. The maximum atomic E-state index is 13.6. The summed E-state index contributed by atoms with van der Waals surface area (Å²) < 4.78 is 13.6. The zero-order valence-electron chi connectivity index (χ0n) is 24.2. The lowest BCUT2D eigenvalue weighted by Gasteiger charge is -2.28. The molecule has 0 saturated carbocycles. The summed E-state index contributed by atoms with van der Waals surface area (Å²) in [5, 5.41) is 19.1. The van der Waals surface area contributed by atoms with E-state index in [0.29, 0.717) is 29.8 Å². The third-order valence-electron chi connectivity index (χ3n) is 5.84. The molecule has 1 aromatic heterocycles. The van der Waals surface area contributed by atoms with Gasteiger partial charge in [0.15, 0.2) is 0 Å². The number of carbonyl (C=O) groups is 3. The second-order valence-electron chi connectivity index (χ2n) is 10.4. The predicted octanol–water partition coefficient (Wildman–Crippen LogP) is 3.84. The van der Waals surface area contributed by atoms with E-state index >= 15 is 0 Å². The Bertz CT molecular complexity index is 1460. The fourth-order valence-corrected chi connectivity index (χ4v) is 3.96. The minimum absolute atomic E-state index is 0.131. The van der Waals surface area contributed by atoms with Crippen LogP contribution in [0.3, 0.4) is 0 Å². The average Bonchev–Trinajstić information content (AvgIpc) is 2.94. The standard InChI is InChI=1S/C31H35FN6O4/c1-21(39)38(42-31(2,3)4)17-16-34-28(40)20-36-30(41)26-12-13-27(25-11-6-5-9-23(25)19-33)37-29(26)35-15-14-22-8-7-10-24(32)18-22/h5-13,18H,14-17,20H2,1-4H3,(H,34,40)(H,35,37)(H,36,41). The maximum Gasteiger partial charge on any atom is 0.255 e. The Morgan fingerprint density at radius 2 is 1.79 bits per heavy atom. The number of rotatable bonds is 12. The van der Waals surface area contributed by atoms with Gasteiger partial charge < -0.3 is 16.0 Å². The van der Waals surface area contributed by atoms with Gasteiger partial charge in [0.1, 0.15) is 11.6 Å². The van der Waals surface area contributed by atoms with E-state index in [2.05, 4.69) is 27.0 Å². The molecule has 0 atom stereocenters. The van der Waals surface area contributed by atoms with Crippen LogP contribution in [0.2, 0.25) is 0 Å². The van der Waals surface area contributed by atoms with Gasteiger partial charge in [-0.3, -0.25) is 19.2 Å². The van der Waals surface area contributed by atoms with Crippen LogP contribution in [0.25, 0.3) is 11.3 Å². The van der Waals surface area contributed by atoms with Crippen LogP contribution in [0.15, 0.2) is 60.7 Å². The molecule has 0 saturated heterocycles. The quantitative estimate of drug-likeness (QED) is 0.280. The van der Waals surface area contributed by atoms with E-state index in [-0.39, 0.29) is 42.7 Å². The van der Waals surface area contributed by atoms with Gasteiger partial charge in [-0.1, -0.05) is 30.3 Å². The van der Waals surface area contributed by atoms with Crippen LogP contribution in [0.5, 0.6) is 0 Å². The second kappa shape index (κ2) is 14.7. The van der Waals surface area contributed by atoms with Crippen molar-refractivity contribution in [1.82, 2.24) is 20.7 Å². The number of halogens is 1. The molecule has 0 aliphatic rings. The molecular weight excluding hydrogens is 539 g/mol. The first-order chi connectivity index (χ1) is 20.0. The fraction of sp³-hybridized carbons (Fsp3) is 0.323. The van der Waals surface area contributed by atoms with E-state index < -0.39 is 17.4 Å². The van der Waals surface area contributed by atoms with Crippen molar-refractivity contribution in [3.63, 3.8) is 0 Å². The Hall–Kier alpha value is -4.82. The molecule has 220 valence electrons. The summed E-state index contributed by atoms with van der Waals surface area (Å²) in [6.45, 7) is 7.12. The van der Waals surface area contributed by atoms with Crippen molar-refractivity contribution in [1.29, 1.82) is 5.26 Å². The number of anilines is 1. The van der Waals surface area contributed by atoms with Crippen LogP contribution >= 0.6 is 0 Å². The van der Waals surface area contributed by atoms with Gasteiger partial charge in [-0.2, -0.15) is 5.26 Å². The Morgan fingerprint density at radius 3 is 2.48 bits per heavy atom. The van der Waals surface area contributed by atoms with E-state index in [1.54, 1.807) is 48.5 Å². The number of pyridine rings is 1. The number of aromatic nitrogens is 1. The first-order valence-electron chi connectivity index (χ1n) is 13.5. The van der Waals surface area contributed by atoms with Gasteiger partial charge >= 0.3 is 0 Å². The van der Waals surface area contributed by atoms with Gasteiger partial charge in [0.05, 0.1) is 41.6 Å². The van der Waals surface area contributed by atoms with Crippen LogP contribution in [0.4, 0.5) is 10.2 Å². The lowest BCUT2D eigenvalue weighted by molar-refractivity contribution is -0.224. The topological polar surface area (TPSA) is 136 Å². The fourth-order valence-electron chi connectivity index (χ4n) is 3.96. The van der Waals surface area contributed by atoms with Crippen LogP contribution < -0.4 is 16.0 Å². The molecule has 2 aromatic carbocycles. The summed E-state index contributed by atoms with van der Waals surface area (Å²) >= 11 is 0. The third-order valence-corrected chi connectivity index (χ3v) is 5.84. The number of carbonyl (C=O) groups excluding carboxylic acids is 3. The molecule has 0 radical (unpaired) electrons. The lowest BCUT2D eigenvalue weighted by Crippen LogP contribution is -2.44. The number of amides is 3. The summed E-state index contributed by atoms with van der Waals surface area (Å²) in [7, 11) is 0. The monoisotopic (exact) mass is 574 g/mol. The molecule has 0 fully saturated rings. The minimum Gasteiger partial charge on any atom is -0.369 e. The molecule has 3 amide bonds. The van der Waals surface area contributed by atoms with Crippen molar-refractivity contribution in [2.24, 2.45) is 0 Å². The zero-order chi connectivity index (χ0) is 30.7. The third kappa shape index (κ3) is 9.67. The van der Waals surface area contributed by atoms with Gasteiger partial charge in [-0.15, -0.1) is 0 Å². The van der Waals surface area contributed by atoms with Gasteiger partial charge in [0, 0.05) is 25.6 Å². The number of nitrogens with one attached hydrogen (secondary N) is 3. The van der Waals surface area contributed by atoms with Gasteiger partial charge in [-0.25, -0.2) is 14.4 Å². The number of hydroxylamine groups is 2. The van der Waals surface area contributed by atoms with Crippen LogP contribution in [0.1, 0.15) is 49.2 Å². The molecule has 0 aliphatic heterocycles. The minimum atomic E-state index is -0.576. The molecular formula is C31H35FN6O4. The molecule has 3 N–H and O–H groups in total. The molecule has 11 heteroatoms. The molecule has 0 bridgehead atoms. The lowest BCUT2D eigenvalue weighted by atomic mass is 10.0. The van der Waals surface area contributed by atoms with Crippen molar-refractivity contribution in [3.8, 4) is 17.3 Å². The highest BCUT2D eigenvalue weighted by Gasteiger charge is 2.20. The first-order valence-corrected chi connectivity index (χ1v) is 13.5. The molecule has 0 aliphatic carbocycles. The smallest absolute Gasteiger partial charge is 0.255 e. The molecule has 0 unspecified atom stereocenters. The van der Waals surface area contributed by atoms with Crippen molar-refractivity contribution < 1.29 is 23.6 Å². The number of hydrogen-bond acceptors (Lipinski definition) is 7. The number of benzene rings is 2. The molecule has 3 rings (SSSR count). The van der Waals surface area contributed by atoms with E-state index in [0.717, 1.165) is 5.56 Å².